The van der Waals surface area contributed by atoms with Crippen molar-refractivity contribution >= 4 is 18.2 Å². The third kappa shape index (κ3) is 2.14. The molecule has 7 nitrogen and oxygen atoms in total. The Hall–Kier alpha value is -2.44. The number of nitro groups is 1. The van der Waals surface area contributed by atoms with Crippen molar-refractivity contribution in [2.75, 3.05) is 0 Å². The number of nitrogens with zero attached hydrogens (tertiary/aromatic N) is 3. The Bertz CT molecular complexity index is 540. The van der Waals surface area contributed by atoms with Gasteiger partial charge in [-0.15, -0.1) is 0 Å². The van der Waals surface area contributed by atoms with E-state index in [9.17, 15) is 10.1 Å². The van der Waals surface area contributed by atoms with Gasteiger partial charge in [0.15, 0.2) is 12.0 Å². The first-order chi connectivity index (χ1) is 7.65. The molecule has 0 radical (unpaired) electrons. The molecule has 0 aliphatic heterocycles. The summed E-state index contributed by atoms with van der Waals surface area (Å²) in [4.78, 5) is 17.0. The van der Waals surface area contributed by atoms with Gasteiger partial charge in [0, 0.05) is 11.0 Å². The highest BCUT2D eigenvalue weighted by molar-refractivity contribution is 5.62. The Labute approximate surface area is 89.6 Å². The molecule has 0 bridgehead atoms. The third-order valence-electron chi connectivity index (χ3n) is 1.70. The van der Waals surface area contributed by atoms with Crippen LogP contribution in [-0.2, 0) is 0 Å². The molecule has 0 saturated carbocycles. The first kappa shape index (κ1) is 10.1. The van der Waals surface area contributed by atoms with Crippen molar-refractivity contribution in [1.82, 2.24) is 9.97 Å². The van der Waals surface area contributed by atoms with Crippen LogP contribution in [0.3, 0.4) is 0 Å². The fraction of sp³-hybridized carbons (Fsp3) is 0.111. The van der Waals surface area contributed by atoms with Gasteiger partial charge < -0.3 is 18.9 Å². The zero-order chi connectivity index (χ0) is 11.5. The normalized spacial score (nSPS) is 11.1. The molecular formula is C9H7N3O4. The molecule has 0 unspecified atom stereocenters. The molecule has 0 fully saturated rings. The number of rotatable bonds is 3. The van der Waals surface area contributed by atoms with Crippen molar-refractivity contribution in [3.63, 3.8) is 0 Å². The predicted molar refractivity (Wildman–Crippen MR) is 53.3 cm³/mol. The van der Waals surface area contributed by atoms with Gasteiger partial charge in [-0.05, 0) is 18.0 Å². The Morgan fingerprint density at radius 2 is 2.12 bits per heavy atom. The van der Waals surface area contributed by atoms with E-state index in [1.54, 1.807) is 13.1 Å². The minimum absolute atomic E-state index is 0.266. The molecule has 0 aromatic carbocycles. The Kier molecular flexibility index (Phi) is 2.50. The van der Waals surface area contributed by atoms with Crippen molar-refractivity contribution in [3.05, 3.63) is 39.9 Å². The van der Waals surface area contributed by atoms with Gasteiger partial charge in [0.1, 0.15) is 5.76 Å². The number of aromatic nitrogens is 2. The maximum absolute atomic E-state index is 10.3. The zero-order valence-electron chi connectivity index (χ0n) is 8.28. The van der Waals surface area contributed by atoms with Crippen molar-refractivity contribution < 1.29 is 13.8 Å². The van der Waals surface area contributed by atoms with Gasteiger partial charge in [-0.25, -0.2) is 4.98 Å². The van der Waals surface area contributed by atoms with Crippen LogP contribution >= 0.6 is 0 Å². The molecule has 0 aliphatic rings. The molecule has 0 atom stereocenters. The van der Waals surface area contributed by atoms with Crippen molar-refractivity contribution in [2.24, 2.45) is 0 Å². The van der Waals surface area contributed by atoms with E-state index in [2.05, 4.69) is 9.97 Å². The van der Waals surface area contributed by atoms with E-state index in [4.69, 9.17) is 8.83 Å². The van der Waals surface area contributed by atoms with Gasteiger partial charge in [0.05, 0.1) is 6.20 Å². The van der Waals surface area contributed by atoms with Gasteiger partial charge in [-0.2, -0.15) is 0 Å². The predicted octanol–water partition coefficient (Wildman–Crippen LogP) is 2.05. The van der Waals surface area contributed by atoms with Crippen LogP contribution in [0.4, 0.5) is 6.01 Å². The summed E-state index contributed by atoms with van der Waals surface area (Å²) < 4.78 is 9.97. The highest BCUT2D eigenvalue weighted by Gasteiger charge is 2.13. The van der Waals surface area contributed by atoms with Gasteiger partial charge in [0.25, 0.3) is 0 Å². The zero-order valence-corrected chi connectivity index (χ0v) is 8.28. The lowest BCUT2D eigenvalue weighted by molar-refractivity contribution is -0.407. The van der Waals surface area contributed by atoms with Gasteiger partial charge >= 0.3 is 6.01 Å². The lowest BCUT2D eigenvalue weighted by Crippen LogP contribution is -1.85. The van der Waals surface area contributed by atoms with E-state index in [0.717, 1.165) is 0 Å². The summed E-state index contributed by atoms with van der Waals surface area (Å²) in [6.07, 6.45) is 5.86. The molecule has 16 heavy (non-hydrogen) atoms. The van der Waals surface area contributed by atoms with Gasteiger partial charge in [-0.3, -0.25) is 0 Å². The number of hydrogen-bond donors (Lipinski definition) is 0. The summed E-state index contributed by atoms with van der Waals surface area (Å²) in [6, 6.07) is -0.539. The fourth-order valence-corrected chi connectivity index (χ4v) is 1.04. The summed E-state index contributed by atoms with van der Waals surface area (Å²) in [6.45, 7) is 1.77. The molecule has 0 spiro atoms. The Morgan fingerprint density at radius 3 is 2.69 bits per heavy atom. The summed E-state index contributed by atoms with van der Waals surface area (Å²) in [5.74, 6) is 1.35. The second-order valence-electron chi connectivity index (χ2n) is 2.94. The van der Waals surface area contributed by atoms with Crippen LogP contribution in [0.25, 0.3) is 12.2 Å². The number of aryl methyl sites for hydroxylation is 1. The van der Waals surface area contributed by atoms with Crippen LogP contribution in [0.2, 0.25) is 0 Å². The monoisotopic (exact) mass is 221 g/mol. The molecule has 2 rings (SSSR count). The Morgan fingerprint density at radius 1 is 1.31 bits per heavy atom. The van der Waals surface area contributed by atoms with Crippen LogP contribution < -0.4 is 0 Å². The third-order valence-corrected chi connectivity index (χ3v) is 1.70. The van der Waals surface area contributed by atoms with Crippen LogP contribution in [0.1, 0.15) is 17.4 Å². The number of oxazole rings is 2. The Balaban J connectivity index is 2.14. The largest absolute Gasteiger partial charge is 0.546 e. The molecular weight excluding hydrogens is 214 g/mol. The smallest absolute Gasteiger partial charge is 0.442 e. The van der Waals surface area contributed by atoms with E-state index < -0.39 is 10.9 Å². The first-order valence-corrected chi connectivity index (χ1v) is 4.36. The van der Waals surface area contributed by atoms with Crippen LogP contribution in [0.5, 0.6) is 0 Å². The van der Waals surface area contributed by atoms with E-state index >= 15 is 0 Å². The van der Waals surface area contributed by atoms with Crippen LogP contribution in [-0.4, -0.2) is 14.9 Å². The van der Waals surface area contributed by atoms with E-state index in [-0.39, 0.29) is 5.76 Å². The molecule has 2 heterocycles. The van der Waals surface area contributed by atoms with Crippen LogP contribution in [0.15, 0.2) is 21.2 Å². The lowest BCUT2D eigenvalue weighted by Gasteiger charge is -1.83. The second kappa shape index (κ2) is 3.97. The highest BCUT2D eigenvalue weighted by atomic mass is 16.7. The van der Waals surface area contributed by atoms with Gasteiger partial charge in [0.2, 0.25) is 5.89 Å². The molecule has 2 aromatic heterocycles. The maximum Gasteiger partial charge on any atom is 0.546 e. The molecule has 0 aliphatic carbocycles. The molecule has 0 amide bonds. The fourth-order valence-electron chi connectivity index (χ4n) is 1.04. The van der Waals surface area contributed by atoms with E-state index in [1.807, 2.05) is 0 Å². The molecule has 0 N–H and O–H groups in total. The molecule has 82 valence electrons. The van der Waals surface area contributed by atoms with Crippen molar-refractivity contribution in [2.45, 2.75) is 6.92 Å². The summed E-state index contributed by atoms with van der Waals surface area (Å²) in [5, 5.41) is 10.3. The van der Waals surface area contributed by atoms with E-state index in [0.29, 0.717) is 11.7 Å². The second-order valence-corrected chi connectivity index (χ2v) is 2.94. The maximum atomic E-state index is 10.3. The standard InChI is InChI=1S/C9H7N3O4/c1-6-4-10-8(15-6)3-2-7-5-11-9(16-7)12(13)14/h2-5H,1H3/b3-2+. The number of hydrogen-bond acceptors (Lipinski definition) is 6. The highest BCUT2D eigenvalue weighted by Crippen LogP contribution is 2.14. The average molecular weight is 221 g/mol. The van der Waals surface area contributed by atoms with Crippen molar-refractivity contribution in [1.29, 1.82) is 0 Å². The topological polar surface area (TPSA) is 95.2 Å². The average Bonchev–Trinajstić information content (AvgIpc) is 2.83. The molecule has 2 aromatic rings. The minimum atomic E-state index is -0.702. The minimum Gasteiger partial charge on any atom is -0.442 e. The summed E-state index contributed by atoms with van der Waals surface area (Å²) >= 11 is 0. The summed E-state index contributed by atoms with van der Waals surface area (Å²) in [7, 11) is 0. The van der Waals surface area contributed by atoms with Crippen molar-refractivity contribution in [3.8, 4) is 0 Å². The molecule has 0 saturated heterocycles. The SMILES string of the molecule is Cc1cnc(/C=C/c2cnc([N+](=O)[O-])o2)o1. The van der Waals surface area contributed by atoms with E-state index in [1.165, 1.54) is 18.3 Å². The summed E-state index contributed by atoms with van der Waals surface area (Å²) in [5.41, 5.74) is 0. The lowest BCUT2D eigenvalue weighted by atomic mass is 10.4. The van der Waals surface area contributed by atoms with Crippen LogP contribution in [0, 0.1) is 17.0 Å². The first-order valence-electron chi connectivity index (χ1n) is 4.36. The molecule has 7 heteroatoms. The quantitative estimate of drug-likeness (QED) is 0.581. The van der Waals surface area contributed by atoms with Gasteiger partial charge in [-0.1, -0.05) is 0 Å².